The van der Waals surface area contributed by atoms with E-state index in [4.69, 9.17) is 4.52 Å². The molecule has 6 heteroatoms. The third-order valence-corrected chi connectivity index (χ3v) is 3.70. The fourth-order valence-electron chi connectivity index (χ4n) is 2.49. The smallest absolute Gasteiger partial charge is 0.191 e. The average molecular weight is 442 g/mol. The molecule has 0 saturated heterocycles. The average Bonchev–Trinajstić information content (AvgIpc) is 2.84. The number of aliphatic imine (C=N–C) groups is 1. The van der Waals surface area contributed by atoms with E-state index in [0.717, 1.165) is 36.9 Å². The Bertz CT molecular complexity index is 647. The third kappa shape index (κ3) is 6.14. The van der Waals surface area contributed by atoms with Gasteiger partial charge in [0.05, 0.1) is 12.2 Å². The van der Waals surface area contributed by atoms with E-state index in [2.05, 4.69) is 58.9 Å². The van der Waals surface area contributed by atoms with Crippen LogP contribution in [0.25, 0.3) is 0 Å². The fraction of sp³-hybridized carbons (Fsp3) is 0.444. The zero-order chi connectivity index (χ0) is 16.7. The van der Waals surface area contributed by atoms with Crippen LogP contribution in [0.5, 0.6) is 0 Å². The summed E-state index contributed by atoms with van der Waals surface area (Å²) in [7, 11) is 0. The minimum Gasteiger partial charge on any atom is -0.361 e. The zero-order valence-electron chi connectivity index (χ0n) is 14.8. The number of hydrogen-bond acceptors (Lipinski definition) is 3. The van der Waals surface area contributed by atoms with Gasteiger partial charge in [-0.1, -0.05) is 35.0 Å². The molecule has 1 heterocycles. The number of halogens is 1. The first-order valence-electron chi connectivity index (χ1n) is 8.09. The van der Waals surface area contributed by atoms with E-state index in [-0.39, 0.29) is 24.0 Å². The summed E-state index contributed by atoms with van der Waals surface area (Å²) in [6.07, 6.45) is 0.871. The van der Waals surface area contributed by atoms with Gasteiger partial charge in [0, 0.05) is 18.7 Å². The van der Waals surface area contributed by atoms with Gasteiger partial charge >= 0.3 is 0 Å². The highest BCUT2D eigenvalue weighted by Gasteiger charge is 2.08. The Kier molecular flexibility index (Phi) is 8.81. The Morgan fingerprint density at radius 1 is 1.21 bits per heavy atom. The van der Waals surface area contributed by atoms with Gasteiger partial charge in [0.25, 0.3) is 0 Å². The maximum absolute atomic E-state index is 5.19. The van der Waals surface area contributed by atoms with Crippen molar-refractivity contribution in [2.24, 2.45) is 4.99 Å². The van der Waals surface area contributed by atoms with E-state index < -0.39 is 0 Å². The molecular formula is C18H27IN4O. The zero-order valence-corrected chi connectivity index (χ0v) is 17.2. The van der Waals surface area contributed by atoms with Crippen molar-refractivity contribution in [2.75, 3.05) is 13.1 Å². The van der Waals surface area contributed by atoms with Crippen molar-refractivity contribution in [1.82, 2.24) is 15.8 Å². The van der Waals surface area contributed by atoms with Crippen molar-refractivity contribution in [3.05, 3.63) is 52.4 Å². The number of benzene rings is 1. The van der Waals surface area contributed by atoms with Crippen LogP contribution in [-0.2, 0) is 13.0 Å². The highest BCUT2D eigenvalue weighted by Crippen LogP contribution is 2.12. The molecule has 24 heavy (non-hydrogen) atoms. The number of guanidine groups is 1. The van der Waals surface area contributed by atoms with Gasteiger partial charge in [-0.2, -0.15) is 0 Å². The molecule has 2 N–H and O–H groups in total. The van der Waals surface area contributed by atoms with Crippen LogP contribution < -0.4 is 10.6 Å². The van der Waals surface area contributed by atoms with Gasteiger partial charge in [0.15, 0.2) is 5.96 Å². The van der Waals surface area contributed by atoms with E-state index in [9.17, 15) is 0 Å². The van der Waals surface area contributed by atoms with Gasteiger partial charge in [-0.25, -0.2) is 4.99 Å². The lowest BCUT2D eigenvalue weighted by Crippen LogP contribution is -2.38. The lowest BCUT2D eigenvalue weighted by atomic mass is 10.1. The SMILES string of the molecule is CCNC(=NCc1cccc(C)c1)NCCc1c(C)noc1C.I. The van der Waals surface area contributed by atoms with Crippen LogP contribution in [0.4, 0.5) is 0 Å². The molecule has 0 amide bonds. The van der Waals surface area contributed by atoms with E-state index in [0.29, 0.717) is 6.54 Å². The van der Waals surface area contributed by atoms with Crippen LogP contribution in [0.15, 0.2) is 33.8 Å². The molecule has 132 valence electrons. The Morgan fingerprint density at radius 2 is 2.00 bits per heavy atom. The number of hydrogen-bond donors (Lipinski definition) is 2. The molecule has 0 aliphatic heterocycles. The highest BCUT2D eigenvalue weighted by atomic mass is 127. The van der Waals surface area contributed by atoms with Crippen LogP contribution in [0.2, 0.25) is 0 Å². The van der Waals surface area contributed by atoms with Crippen molar-refractivity contribution < 1.29 is 4.52 Å². The second-order valence-corrected chi connectivity index (χ2v) is 5.66. The first-order chi connectivity index (χ1) is 11.1. The summed E-state index contributed by atoms with van der Waals surface area (Å²) in [6, 6.07) is 8.43. The predicted octanol–water partition coefficient (Wildman–Crippen LogP) is 3.52. The minimum absolute atomic E-state index is 0. The molecule has 0 fully saturated rings. The first kappa shape index (κ1) is 20.5. The van der Waals surface area contributed by atoms with Gasteiger partial charge < -0.3 is 15.2 Å². The second kappa shape index (κ2) is 10.3. The topological polar surface area (TPSA) is 62.5 Å². The summed E-state index contributed by atoms with van der Waals surface area (Å²) in [5, 5.41) is 10.6. The van der Waals surface area contributed by atoms with Crippen molar-refractivity contribution in [1.29, 1.82) is 0 Å². The number of nitrogens with one attached hydrogen (secondary N) is 2. The standard InChI is InChI=1S/C18H26N4O.HI/c1-5-19-18(21-12-16-8-6-7-13(2)11-16)20-10-9-17-14(3)22-23-15(17)4;/h6-8,11H,5,9-10,12H2,1-4H3,(H2,19,20,21);1H. The van der Waals surface area contributed by atoms with Crippen molar-refractivity contribution in [2.45, 2.75) is 40.7 Å². The molecule has 2 aromatic rings. The molecule has 0 unspecified atom stereocenters. The normalized spacial score (nSPS) is 11.1. The summed E-state index contributed by atoms with van der Waals surface area (Å²) in [6.45, 7) is 10.4. The summed E-state index contributed by atoms with van der Waals surface area (Å²) < 4.78 is 5.19. The first-order valence-corrected chi connectivity index (χ1v) is 8.09. The van der Waals surface area contributed by atoms with E-state index >= 15 is 0 Å². The lowest BCUT2D eigenvalue weighted by Gasteiger charge is -2.11. The maximum Gasteiger partial charge on any atom is 0.191 e. The molecule has 0 atom stereocenters. The summed E-state index contributed by atoms with van der Waals surface area (Å²) >= 11 is 0. The Balaban J connectivity index is 0.00000288. The molecular weight excluding hydrogens is 415 g/mol. The highest BCUT2D eigenvalue weighted by molar-refractivity contribution is 14.0. The Labute approximate surface area is 161 Å². The maximum atomic E-state index is 5.19. The van der Waals surface area contributed by atoms with Crippen molar-refractivity contribution >= 4 is 29.9 Å². The molecule has 0 radical (unpaired) electrons. The Morgan fingerprint density at radius 3 is 2.62 bits per heavy atom. The number of nitrogens with zero attached hydrogens (tertiary/aromatic N) is 2. The van der Waals surface area contributed by atoms with Gasteiger partial charge in [-0.05, 0) is 39.7 Å². The minimum atomic E-state index is 0. The summed E-state index contributed by atoms with van der Waals surface area (Å²) in [4.78, 5) is 4.64. The van der Waals surface area contributed by atoms with Gasteiger partial charge in [0.1, 0.15) is 5.76 Å². The molecule has 0 bridgehead atoms. The summed E-state index contributed by atoms with van der Waals surface area (Å²) in [5.41, 5.74) is 4.61. The molecule has 0 spiro atoms. The van der Waals surface area contributed by atoms with Crippen LogP contribution in [0, 0.1) is 20.8 Å². The molecule has 1 aromatic heterocycles. The van der Waals surface area contributed by atoms with Crippen molar-refractivity contribution in [3.63, 3.8) is 0 Å². The third-order valence-electron chi connectivity index (χ3n) is 3.70. The quantitative estimate of drug-likeness (QED) is 0.409. The predicted molar refractivity (Wildman–Crippen MR) is 109 cm³/mol. The molecule has 0 aliphatic carbocycles. The molecule has 0 aliphatic rings. The Hall–Kier alpha value is -1.57. The molecule has 5 nitrogen and oxygen atoms in total. The van der Waals surface area contributed by atoms with E-state index in [1.165, 1.54) is 16.7 Å². The van der Waals surface area contributed by atoms with Crippen LogP contribution in [0.1, 0.15) is 35.1 Å². The van der Waals surface area contributed by atoms with E-state index in [1.54, 1.807) is 0 Å². The van der Waals surface area contributed by atoms with Crippen LogP contribution in [-0.4, -0.2) is 24.2 Å². The van der Waals surface area contributed by atoms with Gasteiger partial charge in [-0.3, -0.25) is 0 Å². The number of aromatic nitrogens is 1. The van der Waals surface area contributed by atoms with Crippen molar-refractivity contribution in [3.8, 4) is 0 Å². The van der Waals surface area contributed by atoms with Crippen LogP contribution >= 0.6 is 24.0 Å². The largest absolute Gasteiger partial charge is 0.361 e. The number of rotatable bonds is 6. The van der Waals surface area contributed by atoms with Gasteiger partial charge in [0.2, 0.25) is 0 Å². The van der Waals surface area contributed by atoms with Gasteiger partial charge in [-0.15, -0.1) is 24.0 Å². The monoisotopic (exact) mass is 442 g/mol. The molecule has 2 rings (SSSR count). The number of aryl methyl sites for hydroxylation is 3. The van der Waals surface area contributed by atoms with E-state index in [1.807, 2.05) is 13.8 Å². The molecule has 0 saturated carbocycles. The second-order valence-electron chi connectivity index (χ2n) is 5.66. The lowest BCUT2D eigenvalue weighted by molar-refractivity contribution is 0.392. The van der Waals surface area contributed by atoms with Crippen LogP contribution in [0.3, 0.4) is 0 Å². The summed E-state index contributed by atoms with van der Waals surface area (Å²) in [5.74, 6) is 1.73. The fourth-order valence-corrected chi connectivity index (χ4v) is 2.49. The molecule has 1 aromatic carbocycles.